The molecule has 1 atom stereocenters. The largest absolute Gasteiger partial charge is 0.507 e. The minimum atomic E-state index is -1.03. The van der Waals surface area contributed by atoms with E-state index in [1.807, 2.05) is 6.07 Å². The molecule has 0 fully saturated rings. The number of nitrogens with zero attached hydrogens (tertiary/aromatic N) is 1. The van der Waals surface area contributed by atoms with Gasteiger partial charge in [-0.2, -0.15) is 0 Å². The molecule has 1 unspecified atom stereocenters. The average molecular weight is 289 g/mol. The first-order chi connectivity index (χ1) is 9.91. The van der Waals surface area contributed by atoms with Gasteiger partial charge in [-0.15, -0.1) is 0 Å². The van der Waals surface area contributed by atoms with Gasteiger partial charge in [0.15, 0.2) is 17.6 Å². The smallest absolute Gasteiger partial charge is 0.346 e. The van der Waals surface area contributed by atoms with E-state index in [1.165, 1.54) is 18.7 Å². The van der Waals surface area contributed by atoms with Crippen LogP contribution in [-0.4, -0.2) is 35.4 Å². The Kier molecular flexibility index (Phi) is 4.07. The molecule has 1 aromatic carbocycles. The Labute approximate surface area is 121 Å². The SMILES string of the molecule is CC(=O)C1=C(O)C(CN(C(C)=O)c2ccccc2)OC1=O. The van der Waals surface area contributed by atoms with E-state index in [0.29, 0.717) is 5.69 Å². The van der Waals surface area contributed by atoms with Crippen molar-refractivity contribution in [3.8, 4) is 0 Å². The third-order valence-corrected chi connectivity index (χ3v) is 3.16. The molecule has 6 heteroatoms. The molecular weight excluding hydrogens is 274 g/mol. The highest BCUT2D eigenvalue weighted by atomic mass is 16.6. The summed E-state index contributed by atoms with van der Waals surface area (Å²) < 4.78 is 4.97. The number of carbonyl (C=O) groups excluding carboxylic acids is 3. The summed E-state index contributed by atoms with van der Waals surface area (Å²) in [5.74, 6) is -2.10. The van der Waals surface area contributed by atoms with Crippen LogP contribution in [-0.2, 0) is 19.1 Å². The summed E-state index contributed by atoms with van der Waals surface area (Å²) in [5, 5.41) is 9.94. The maximum atomic E-state index is 11.8. The van der Waals surface area contributed by atoms with Crippen LogP contribution >= 0.6 is 0 Å². The van der Waals surface area contributed by atoms with Crippen molar-refractivity contribution < 1.29 is 24.2 Å². The third kappa shape index (κ3) is 2.94. The molecular formula is C15H15NO5. The van der Waals surface area contributed by atoms with E-state index in [0.717, 1.165) is 0 Å². The molecule has 0 aromatic heterocycles. The predicted molar refractivity (Wildman–Crippen MR) is 74.7 cm³/mol. The molecule has 21 heavy (non-hydrogen) atoms. The van der Waals surface area contributed by atoms with Crippen LogP contribution in [0.15, 0.2) is 41.7 Å². The number of benzene rings is 1. The number of anilines is 1. The number of cyclic esters (lactones) is 1. The zero-order chi connectivity index (χ0) is 15.6. The number of hydrogen-bond donors (Lipinski definition) is 1. The van der Waals surface area contributed by atoms with Crippen LogP contribution in [0.2, 0.25) is 0 Å². The van der Waals surface area contributed by atoms with Crippen LogP contribution in [0.5, 0.6) is 0 Å². The van der Waals surface area contributed by atoms with Crippen LogP contribution < -0.4 is 4.90 Å². The van der Waals surface area contributed by atoms with Crippen LogP contribution in [0.4, 0.5) is 5.69 Å². The normalized spacial score (nSPS) is 17.6. The van der Waals surface area contributed by atoms with Crippen molar-refractivity contribution in [3.63, 3.8) is 0 Å². The van der Waals surface area contributed by atoms with E-state index < -0.39 is 23.6 Å². The Morgan fingerprint density at radius 1 is 1.24 bits per heavy atom. The first-order valence-corrected chi connectivity index (χ1v) is 6.40. The zero-order valence-electron chi connectivity index (χ0n) is 11.7. The number of rotatable bonds is 4. The Balaban J connectivity index is 2.26. The van der Waals surface area contributed by atoms with Gasteiger partial charge in [0.1, 0.15) is 5.57 Å². The molecule has 6 nitrogen and oxygen atoms in total. The fourth-order valence-electron chi connectivity index (χ4n) is 2.15. The number of aliphatic hydroxyl groups is 1. The lowest BCUT2D eigenvalue weighted by Gasteiger charge is -2.24. The van der Waals surface area contributed by atoms with E-state index in [4.69, 9.17) is 4.74 Å². The molecule has 1 aliphatic heterocycles. The molecule has 1 heterocycles. The van der Waals surface area contributed by atoms with Crippen molar-refractivity contribution in [2.24, 2.45) is 0 Å². The van der Waals surface area contributed by atoms with Crippen LogP contribution in [0, 0.1) is 0 Å². The number of para-hydroxylation sites is 1. The van der Waals surface area contributed by atoms with Crippen molar-refractivity contribution in [2.45, 2.75) is 20.0 Å². The van der Waals surface area contributed by atoms with E-state index in [-0.39, 0.29) is 18.0 Å². The monoisotopic (exact) mass is 289 g/mol. The van der Waals surface area contributed by atoms with Crippen LogP contribution in [0.3, 0.4) is 0 Å². The number of aliphatic hydroxyl groups excluding tert-OH is 1. The molecule has 0 saturated carbocycles. The standard InChI is InChI=1S/C15H15NO5/c1-9(17)13-14(19)12(21-15(13)20)8-16(10(2)18)11-6-4-3-5-7-11/h3-7,12,19H,8H2,1-2H3. The molecule has 0 saturated heterocycles. The second-order valence-corrected chi connectivity index (χ2v) is 4.68. The first kappa shape index (κ1) is 14.8. The van der Waals surface area contributed by atoms with Crippen molar-refractivity contribution in [1.82, 2.24) is 0 Å². The molecule has 2 rings (SSSR count). The lowest BCUT2D eigenvalue weighted by molar-refractivity contribution is -0.141. The lowest BCUT2D eigenvalue weighted by Crippen LogP contribution is -2.37. The third-order valence-electron chi connectivity index (χ3n) is 3.16. The van der Waals surface area contributed by atoms with Gasteiger partial charge in [0.2, 0.25) is 5.91 Å². The fraction of sp³-hybridized carbons (Fsp3) is 0.267. The van der Waals surface area contributed by atoms with E-state index in [9.17, 15) is 19.5 Å². The number of carbonyl (C=O) groups is 3. The highest BCUT2D eigenvalue weighted by Crippen LogP contribution is 2.24. The van der Waals surface area contributed by atoms with Crippen LogP contribution in [0.25, 0.3) is 0 Å². The summed E-state index contributed by atoms with van der Waals surface area (Å²) in [5.41, 5.74) is 0.265. The van der Waals surface area contributed by atoms with Gasteiger partial charge < -0.3 is 14.7 Å². The molecule has 0 spiro atoms. The van der Waals surface area contributed by atoms with E-state index in [2.05, 4.69) is 0 Å². The van der Waals surface area contributed by atoms with E-state index in [1.54, 1.807) is 24.3 Å². The summed E-state index contributed by atoms with van der Waals surface area (Å²) in [4.78, 5) is 36.0. The van der Waals surface area contributed by atoms with Crippen molar-refractivity contribution in [2.75, 3.05) is 11.4 Å². The van der Waals surface area contributed by atoms with Gasteiger partial charge in [-0.3, -0.25) is 9.59 Å². The van der Waals surface area contributed by atoms with Gasteiger partial charge in [-0.25, -0.2) is 4.79 Å². The predicted octanol–water partition coefficient (Wildman–Crippen LogP) is 1.37. The molecule has 0 bridgehead atoms. The number of hydrogen-bond acceptors (Lipinski definition) is 5. The average Bonchev–Trinajstić information content (AvgIpc) is 2.71. The van der Waals surface area contributed by atoms with Crippen LogP contribution in [0.1, 0.15) is 13.8 Å². The molecule has 1 aromatic rings. The number of Topliss-reactive ketones (excluding diaryl/α,β-unsaturated/α-hetero) is 1. The molecule has 0 aliphatic carbocycles. The summed E-state index contributed by atoms with van der Waals surface area (Å²) >= 11 is 0. The minimum absolute atomic E-state index is 0.0479. The summed E-state index contributed by atoms with van der Waals surface area (Å²) in [6.45, 7) is 2.50. The summed E-state index contributed by atoms with van der Waals surface area (Å²) in [6.07, 6.45) is -1.03. The van der Waals surface area contributed by atoms with Gasteiger partial charge in [-0.05, 0) is 19.1 Å². The molecule has 1 aliphatic rings. The quantitative estimate of drug-likeness (QED) is 0.668. The topological polar surface area (TPSA) is 83.9 Å². The summed E-state index contributed by atoms with van der Waals surface area (Å²) in [6, 6.07) is 8.80. The fourth-order valence-corrected chi connectivity index (χ4v) is 2.15. The van der Waals surface area contributed by atoms with Gasteiger partial charge >= 0.3 is 5.97 Å². The van der Waals surface area contributed by atoms with Gasteiger partial charge in [0.25, 0.3) is 0 Å². The Morgan fingerprint density at radius 2 is 1.86 bits per heavy atom. The Morgan fingerprint density at radius 3 is 2.33 bits per heavy atom. The number of ether oxygens (including phenoxy) is 1. The van der Waals surface area contributed by atoms with Crippen molar-refractivity contribution in [3.05, 3.63) is 41.7 Å². The Bertz CT molecular complexity index is 620. The molecule has 1 N–H and O–H groups in total. The maximum absolute atomic E-state index is 11.8. The van der Waals surface area contributed by atoms with E-state index >= 15 is 0 Å². The van der Waals surface area contributed by atoms with Gasteiger partial charge in [0.05, 0.1) is 6.54 Å². The highest BCUT2D eigenvalue weighted by Gasteiger charge is 2.38. The van der Waals surface area contributed by atoms with Crippen molar-refractivity contribution >= 4 is 23.3 Å². The zero-order valence-corrected chi connectivity index (χ0v) is 11.7. The van der Waals surface area contributed by atoms with Gasteiger partial charge in [-0.1, -0.05) is 18.2 Å². The number of ketones is 1. The summed E-state index contributed by atoms with van der Waals surface area (Å²) in [7, 11) is 0. The lowest BCUT2D eigenvalue weighted by atomic mass is 10.1. The molecule has 0 radical (unpaired) electrons. The maximum Gasteiger partial charge on any atom is 0.346 e. The molecule has 110 valence electrons. The van der Waals surface area contributed by atoms with Gasteiger partial charge in [0, 0.05) is 12.6 Å². The number of esters is 1. The second-order valence-electron chi connectivity index (χ2n) is 4.68. The first-order valence-electron chi connectivity index (χ1n) is 6.40. The highest BCUT2D eigenvalue weighted by molar-refractivity contribution is 6.18. The molecule has 1 amide bonds. The van der Waals surface area contributed by atoms with Crippen molar-refractivity contribution in [1.29, 1.82) is 0 Å². The second kappa shape index (κ2) is 5.78. The Hall–Kier alpha value is -2.63. The minimum Gasteiger partial charge on any atom is -0.507 e. The number of amides is 1.